The van der Waals surface area contributed by atoms with Crippen LogP contribution in [0, 0.1) is 5.92 Å². The summed E-state index contributed by atoms with van der Waals surface area (Å²) in [5.41, 5.74) is 1.11. The van der Waals surface area contributed by atoms with Gasteiger partial charge in [0.05, 0.1) is 39.2 Å². The van der Waals surface area contributed by atoms with Gasteiger partial charge in [0.15, 0.2) is 5.96 Å². The Hall–Kier alpha value is -1.81. The summed E-state index contributed by atoms with van der Waals surface area (Å²) < 4.78 is 13.3. The predicted octanol–water partition coefficient (Wildman–Crippen LogP) is 3.57. The number of guanidine groups is 1. The molecule has 0 radical (unpaired) electrons. The first-order chi connectivity index (χ1) is 14.2. The molecule has 7 nitrogen and oxygen atoms in total. The molecule has 1 aromatic carbocycles. The Morgan fingerprint density at radius 2 is 2.23 bits per heavy atom. The summed E-state index contributed by atoms with van der Waals surface area (Å²) in [6.45, 7) is 9.01. The number of nitrogens with zero attached hydrogens (tertiary/aromatic N) is 4. The first-order valence-electron chi connectivity index (χ1n) is 10.4. The second-order valence-electron chi connectivity index (χ2n) is 7.43. The van der Waals surface area contributed by atoms with Gasteiger partial charge in [0, 0.05) is 32.0 Å². The van der Waals surface area contributed by atoms with Crippen molar-refractivity contribution in [3.8, 4) is 5.75 Å². The van der Waals surface area contributed by atoms with E-state index in [4.69, 9.17) is 14.5 Å². The fourth-order valence-electron chi connectivity index (χ4n) is 3.69. The van der Waals surface area contributed by atoms with Crippen molar-refractivity contribution in [2.45, 2.75) is 32.9 Å². The summed E-state index contributed by atoms with van der Waals surface area (Å²) >= 11 is 0. The number of halogens is 1. The zero-order chi connectivity index (χ0) is 20.5. The van der Waals surface area contributed by atoms with Crippen LogP contribution in [-0.2, 0) is 11.3 Å². The summed E-state index contributed by atoms with van der Waals surface area (Å²) in [7, 11) is 1.68. The van der Waals surface area contributed by atoms with E-state index in [1.165, 1.54) is 0 Å². The highest BCUT2D eigenvalue weighted by molar-refractivity contribution is 14.0. The van der Waals surface area contributed by atoms with Crippen LogP contribution in [-0.4, -0.2) is 60.3 Å². The number of likely N-dealkylation sites (tertiary alicyclic amines) is 1. The van der Waals surface area contributed by atoms with Gasteiger partial charge in [-0.25, -0.2) is 4.98 Å². The Morgan fingerprint density at radius 1 is 1.37 bits per heavy atom. The molecule has 0 bridgehead atoms. The number of piperidine rings is 1. The number of rotatable bonds is 8. The summed E-state index contributed by atoms with van der Waals surface area (Å²) in [5, 5.41) is 3.44. The van der Waals surface area contributed by atoms with Gasteiger partial charge in [0.1, 0.15) is 5.75 Å². The fraction of sp³-hybridized carbons (Fsp3) is 0.545. The first-order valence-corrected chi connectivity index (χ1v) is 10.4. The number of benzene rings is 1. The Morgan fingerprint density at radius 3 is 2.97 bits per heavy atom. The van der Waals surface area contributed by atoms with E-state index in [-0.39, 0.29) is 24.0 Å². The van der Waals surface area contributed by atoms with Crippen LogP contribution in [0.2, 0.25) is 0 Å². The van der Waals surface area contributed by atoms with E-state index in [1.807, 2.05) is 36.8 Å². The van der Waals surface area contributed by atoms with Crippen LogP contribution in [0.1, 0.15) is 31.9 Å². The smallest absolute Gasteiger partial charge is 0.194 e. The minimum Gasteiger partial charge on any atom is -0.497 e. The zero-order valence-corrected chi connectivity index (χ0v) is 20.5. The van der Waals surface area contributed by atoms with E-state index in [1.54, 1.807) is 7.11 Å². The molecule has 0 saturated carbocycles. The van der Waals surface area contributed by atoms with Gasteiger partial charge in [0.25, 0.3) is 0 Å². The zero-order valence-electron chi connectivity index (χ0n) is 18.2. The molecule has 3 rings (SSSR count). The van der Waals surface area contributed by atoms with E-state index >= 15 is 0 Å². The Labute approximate surface area is 196 Å². The number of nitrogens with one attached hydrogen (secondary N) is 1. The van der Waals surface area contributed by atoms with E-state index in [0.717, 1.165) is 43.3 Å². The SMILES string of the molecule is CCNC(=NCCOCc1cccc(OC)c1)N1CCC(C)C(n2ccnc2)C1.I. The third-order valence-corrected chi connectivity index (χ3v) is 5.36. The van der Waals surface area contributed by atoms with Crippen molar-refractivity contribution in [1.29, 1.82) is 0 Å². The molecule has 30 heavy (non-hydrogen) atoms. The summed E-state index contributed by atoms with van der Waals surface area (Å²) in [5.74, 6) is 2.44. The molecule has 1 aliphatic heterocycles. The van der Waals surface area contributed by atoms with E-state index < -0.39 is 0 Å². The van der Waals surface area contributed by atoms with E-state index in [2.05, 4.69) is 39.8 Å². The van der Waals surface area contributed by atoms with Gasteiger partial charge in [-0.1, -0.05) is 19.1 Å². The largest absolute Gasteiger partial charge is 0.497 e. The van der Waals surface area contributed by atoms with Crippen LogP contribution < -0.4 is 10.1 Å². The van der Waals surface area contributed by atoms with Gasteiger partial charge in [0.2, 0.25) is 0 Å². The lowest BCUT2D eigenvalue weighted by Gasteiger charge is -2.39. The lowest BCUT2D eigenvalue weighted by Crippen LogP contribution is -2.49. The molecule has 1 fully saturated rings. The molecular formula is C22H34IN5O2. The molecule has 2 heterocycles. The molecule has 2 atom stereocenters. The topological polar surface area (TPSA) is 63.9 Å². The number of imidazole rings is 1. The van der Waals surface area contributed by atoms with Crippen LogP contribution in [0.15, 0.2) is 48.0 Å². The molecule has 2 aromatic rings. The third-order valence-electron chi connectivity index (χ3n) is 5.36. The molecule has 0 spiro atoms. The average Bonchev–Trinajstić information content (AvgIpc) is 3.28. The number of hydrogen-bond acceptors (Lipinski definition) is 4. The Bertz CT molecular complexity index is 769. The monoisotopic (exact) mass is 527 g/mol. The number of aromatic nitrogens is 2. The van der Waals surface area contributed by atoms with Crippen molar-refractivity contribution < 1.29 is 9.47 Å². The van der Waals surface area contributed by atoms with Crippen LogP contribution in [0.25, 0.3) is 0 Å². The van der Waals surface area contributed by atoms with Gasteiger partial charge in [-0.05, 0) is 37.0 Å². The average molecular weight is 527 g/mol. The van der Waals surface area contributed by atoms with E-state index in [0.29, 0.717) is 31.7 Å². The van der Waals surface area contributed by atoms with Crippen LogP contribution in [0.3, 0.4) is 0 Å². The number of ether oxygens (including phenoxy) is 2. The second kappa shape index (κ2) is 12.8. The second-order valence-corrected chi connectivity index (χ2v) is 7.43. The molecule has 166 valence electrons. The highest BCUT2D eigenvalue weighted by Crippen LogP contribution is 2.27. The number of hydrogen-bond donors (Lipinski definition) is 1. The maximum atomic E-state index is 5.81. The molecule has 2 unspecified atom stereocenters. The molecular weight excluding hydrogens is 493 g/mol. The van der Waals surface area contributed by atoms with Gasteiger partial charge in [-0.3, -0.25) is 4.99 Å². The van der Waals surface area contributed by atoms with Gasteiger partial charge in [-0.15, -0.1) is 24.0 Å². The molecule has 1 N–H and O–H groups in total. The van der Waals surface area contributed by atoms with Crippen LogP contribution in [0.4, 0.5) is 0 Å². The number of methoxy groups -OCH3 is 1. The lowest BCUT2D eigenvalue weighted by molar-refractivity contribution is 0.127. The third kappa shape index (κ3) is 6.87. The number of aliphatic imine (C=N–C) groups is 1. The minimum absolute atomic E-state index is 0. The summed E-state index contributed by atoms with van der Waals surface area (Å²) in [6, 6.07) is 8.37. The molecule has 0 aliphatic carbocycles. The predicted molar refractivity (Wildman–Crippen MR) is 131 cm³/mol. The van der Waals surface area contributed by atoms with Crippen molar-refractivity contribution in [3.63, 3.8) is 0 Å². The highest BCUT2D eigenvalue weighted by atomic mass is 127. The van der Waals surface area contributed by atoms with Crippen molar-refractivity contribution in [2.24, 2.45) is 10.9 Å². The van der Waals surface area contributed by atoms with Crippen molar-refractivity contribution in [3.05, 3.63) is 48.5 Å². The minimum atomic E-state index is 0. The Kier molecular flexibility index (Phi) is 10.4. The fourth-order valence-corrected chi connectivity index (χ4v) is 3.69. The maximum absolute atomic E-state index is 5.81. The maximum Gasteiger partial charge on any atom is 0.194 e. The molecule has 1 aliphatic rings. The molecule has 8 heteroatoms. The highest BCUT2D eigenvalue weighted by Gasteiger charge is 2.28. The van der Waals surface area contributed by atoms with Crippen molar-refractivity contribution in [2.75, 3.05) is 39.9 Å². The van der Waals surface area contributed by atoms with Gasteiger partial charge >= 0.3 is 0 Å². The quantitative estimate of drug-likeness (QED) is 0.246. The summed E-state index contributed by atoms with van der Waals surface area (Å²) in [6.07, 6.45) is 6.96. The van der Waals surface area contributed by atoms with Gasteiger partial charge in [-0.2, -0.15) is 0 Å². The normalized spacial score (nSPS) is 19.3. The molecule has 1 saturated heterocycles. The van der Waals surface area contributed by atoms with Crippen molar-refractivity contribution in [1.82, 2.24) is 19.8 Å². The van der Waals surface area contributed by atoms with E-state index in [9.17, 15) is 0 Å². The van der Waals surface area contributed by atoms with Crippen LogP contribution >= 0.6 is 24.0 Å². The lowest BCUT2D eigenvalue weighted by atomic mass is 9.93. The summed E-state index contributed by atoms with van der Waals surface area (Å²) in [4.78, 5) is 11.4. The molecule has 1 aromatic heterocycles. The molecule has 0 amide bonds. The van der Waals surface area contributed by atoms with Crippen LogP contribution in [0.5, 0.6) is 5.75 Å². The standard InChI is InChI=1S/C22H33N5O2.HI/c1-4-24-22(25-10-13-29-16-19-6-5-7-20(14-19)28-3)26-11-8-18(2)21(15-26)27-12-9-23-17-27;/h5-7,9,12,14,17-18,21H,4,8,10-11,13,15-16H2,1-3H3,(H,24,25);1H. The van der Waals surface area contributed by atoms with Gasteiger partial charge < -0.3 is 24.3 Å². The first kappa shape index (κ1) is 24.5. The Balaban J connectivity index is 0.00000320. The van der Waals surface area contributed by atoms with Crippen molar-refractivity contribution >= 4 is 29.9 Å².